The molecule has 0 aliphatic carbocycles. The van der Waals surface area contributed by atoms with Gasteiger partial charge >= 0.3 is 5.97 Å². The number of aryl methyl sites for hydroxylation is 1. The van der Waals surface area contributed by atoms with Crippen molar-refractivity contribution in [3.05, 3.63) is 70.3 Å². The van der Waals surface area contributed by atoms with E-state index in [0.717, 1.165) is 23.1 Å². The van der Waals surface area contributed by atoms with Gasteiger partial charge in [0.25, 0.3) is 5.91 Å². The lowest BCUT2D eigenvalue weighted by molar-refractivity contribution is -0.124. The lowest BCUT2D eigenvalue weighted by Crippen LogP contribution is -2.31. The van der Waals surface area contributed by atoms with Gasteiger partial charge in [-0.25, -0.2) is 4.79 Å². The van der Waals surface area contributed by atoms with E-state index in [4.69, 9.17) is 4.74 Å². The number of ether oxygens (including phenoxy) is 1. The molecule has 1 amide bonds. The number of amides is 1. The van der Waals surface area contributed by atoms with E-state index in [1.807, 2.05) is 45.0 Å². The standard InChI is InChI=1S/C23H29NO3/c1-15(2)13-19-9-11-20(12-10-19)18(5)24-22(25)14-27-23(26)21-8-6-7-16(3)17(21)4/h6-12,15,18H,13-14H2,1-5H3,(H,24,25)/t18-/m0/s1. The van der Waals surface area contributed by atoms with Crippen LogP contribution in [0.15, 0.2) is 42.5 Å². The Bertz CT molecular complexity index is 794. The first-order valence-corrected chi connectivity index (χ1v) is 9.39. The summed E-state index contributed by atoms with van der Waals surface area (Å²) in [6, 6.07) is 13.6. The van der Waals surface area contributed by atoms with Crippen LogP contribution in [-0.4, -0.2) is 18.5 Å². The molecule has 0 saturated carbocycles. The molecule has 1 atom stereocenters. The van der Waals surface area contributed by atoms with E-state index in [-0.39, 0.29) is 18.6 Å². The van der Waals surface area contributed by atoms with Gasteiger partial charge in [0.15, 0.2) is 6.61 Å². The highest BCUT2D eigenvalue weighted by Crippen LogP contribution is 2.16. The van der Waals surface area contributed by atoms with Crippen LogP contribution in [-0.2, 0) is 16.0 Å². The topological polar surface area (TPSA) is 55.4 Å². The minimum Gasteiger partial charge on any atom is -0.452 e. The number of nitrogens with one attached hydrogen (secondary N) is 1. The quantitative estimate of drug-likeness (QED) is 0.731. The van der Waals surface area contributed by atoms with Gasteiger partial charge in [0.05, 0.1) is 11.6 Å². The largest absolute Gasteiger partial charge is 0.452 e. The van der Waals surface area contributed by atoms with Crippen molar-refractivity contribution < 1.29 is 14.3 Å². The molecule has 0 aliphatic rings. The van der Waals surface area contributed by atoms with Crippen LogP contribution in [0.1, 0.15) is 59.4 Å². The summed E-state index contributed by atoms with van der Waals surface area (Å²) in [5.41, 5.74) is 4.70. The first kappa shape index (κ1) is 20.7. The molecule has 0 fully saturated rings. The number of benzene rings is 2. The van der Waals surface area contributed by atoms with Gasteiger partial charge in [-0.1, -0.05) is 50.2 Å². The molecular formula is C23H29NO3. The van der Waals surface area contributed by atoms with Gasteiger partial charge in [0.2, 0.25) is 0 Å². The predicted molar refractivity (Wildman–Crippen MR) is 108 cm³/mol. The van der Waals surface area contributed by atoms with Crippen LogP contribution in [0.5, 0.6) is 0 Å². The molecule has 0 heterocycles. The fourth-order valence-corrected chi connectivity index (χ4v) is 2.96. The van der Waals surface area contributed by atoms with Crippen LogP contribution >= 0.6 is 0 Å². The summed E-state index contributed by atoms with van der Waals surface area (Å²) in [4.78, 5) is 24.3. The third-order valence-corrected chi connectivity index (χ3v) is 4.66. The van der Waals surface area contributed by atoms with E-state index in [1.165, 1.54) is 5.56 Å². The SMILES string of the molecule is Cc1cccc(C(=O)OCC(=O)N[C@@H](C)c2ccc(CC(C)C)cc2)c1C. The average molecular weight is 367 g/mol. The van der Waals surface area contributed by atoms with Crippen LogP contribution in [0.2, 0.25) is 0 Å². The summed E-state index contributed by atoms with van der Waals surface area (Å²) in [6.45, 7) is 9.82. The molecule has 4 nitrogen and oxygen atoms in total. The Morgan fingerprint density at radius 2 is 1.67 bits per heavy atom. The number of rotatable bonds is 7. The molecule has 0 radical (unpaired) electrons. The minimum atomic E-state index is -0.475. The lowest BCUT2D eigenvalue weighted by Gasteiger charge is -2.15. The van der Waals surface area contributed by atoms with Gasteiger partial charge in [-0.3, -0.25) is 4.79 Å². The second-order valence-corrected chi connectivity index (χ2v) is 7.45. The minimum absolute atomic E-state index is 0.148. The number of hydrogen-bond acceptors (Lipinski definition) is 3. The van der Waals surface area contributed by atoms with Crippen molar-refractivity contribution in [2.75, 3.05) is 6.61 Å². The van der Waals surface area contributed by atoms with Crippen molar-refractivity contribution in [3.8, 4) is 0 Å². The summed E-state index contributed by atoms with van der Waals surface area (Å²) < 4.78 is 5.17. The third kappa shape index (κ3) is 5.95. The molecule has 27 heavy (non-hydrogen) atoms. The van der Waals surface area contributed by atoms with Crippen LogP contribution in [0.4, 0.5) is 0 Å². The molecule has 0 bridgehead atoms. The van der Waals surface area contributed by atoms with Gasteiger partial charge in [0, 0.05) is 0 Å². The van der Waals surface area contributed by atoms with Crippen molar-refractivity contribution in [2.45, 2.75) is 47.1 Å². The van der Waals surface area contributed by atoms with Gasteiger partial charge in [-0.15, -0.1) is 0 Å². The van der Waals surface area contributed by atoms with E-state index >= 15 is 0 Å². The smallest absolute Gasteiger partial charge is 0.338 e. The molecule has 2 aromatic rings. The Morgan fingerprint density at radius 3 is 2.30 bits per heavy atom. The van der Waals surface area contributed by atoms with E-state index in [0.29, 0.717) is 11.5 Å². The highest BCUT2D eigenvalue weighted by Gasteiger charge is 2.15. The van der Waals surface area contributed by atoms with Crippen molar-refractivity contribution in [2.24, 2.45) is 5.92 Å². The maximum atomic E-state index is 12.2. The third-order valence-electron chi connectivity index (χ3n) is 4.66. The molecule has 0 aromatic heterocycles. The fourth-order valence-electron chi connectivity index (χ4n) is 2.96. The second kappa shape index (κ2) is 9.36. The van der Waals surface area contributed by atoms with Crippen LogP contribution < -0.4 is 5.32 Å². The summed E-state index contributed by atoms with van der Waals surface area (Å²) in [5.74, 6) is -0.177. The van der Waals surface area contributed by atoms with E-state index < -0.39 is 5.97 Å². The molecule has 2 rings (SSSR count). The van der Waals surface area contributed by atoms with Crippen molar-refractivity contribution in [1.82, 2.24) is 5.32 Å². The monoisotopic (exact) mass is 367 g/mol. The first-order valence-electron chi connectivity index (χ1n) is 9.39. The summed E-state index contributed by atoms with van der Waals surface area (Å²) in [7, 11) is 0. The Morgan fingerprint density at radius 1 is 1.00 bits per heavy atom. The maximum Gasteiger partial charge on any atom is 0.338 e. The molecule has 1 N–H and O–H groups in total. The van der Waals surface area contributed by atoms with Gasteiger partial charge in [-0.2, -0.15) is 0 Å². The van der Waals surface area contributed by atoms with Crippen molar-refractivity contribution in [3.63, 3.8) is 0 Å². The molecule has 144 valence electrons. The number of carbonyl (C=O) groups is 2. The molecule has 0 unspecified atom stereocenters. The summed E-state index contributed by atoms with van der Waals surface area (Å²) >= 11 is 0. The summed E-state index contributed by atoms with van der Waals surface area (Å²) in [6.07, 6.45) is 1.04. The summed E-state index contributed by atoms with van der Waals surface area (Å²) in [5, 5.41) is 2.87. The highest BCUT2D eigenvalue weighted by atomic mass is 16.5. The van der Waals surface area contributed by atoms with Gasteiger partial charge in [-0.05, 0) is 61.4 Å². The average Bonchev–Trinajstić information content (AvgIpc) is 2.62. The molecule has 4 heteroatoms. The second-order valence-electron chi connectivity index (χ2n) is 7.45. The molecule has 0 spiro atoms. The van der Waals surface area contributed by atoms with Gasteiger partial charge < -0.3 is 10.1 Å². The Kier molecular flexibility index (Phi) is 7.17. The zero-order valence-electron chi connectivity index (χ0n) is 16.8. The highest BCUT2D eigenvalue weighted by molar-refractivity contribution is 5.93. The molecule has 0 aliphatic heterocycles. The van der Waals surface area contributed by atoms with Gasteiger partial charge in [0.1, 0.15) is 0 Å². The normalized spacial score (nSPS) is 11.9. The molecular weight excluding hydrogens is 338 g/mol. The zero-order valence-corrected chi connectivity index (χ0v) is 16.8. The van der Waals surface area contributed by atoms with Crippen LogP contribution in [0.3, 0.4) is 0 Å². The zero-order chi connectivity index (χ0) is 20.0. The molecule has 2 aromatic carbocycles. The fraction of sp³-hybridized carbons (Fsp3) is 0.391. The van der Waals surface area contributed by atoms with Crippen LogP contribution in [0, 0.1) is 19.8 Å². The first-order chi connectivity index (χ1) is 12.8. The van der Waals surface area contributed by atoms with E-state index in [1.54, 1.807) is 6.07 Å². The maximum absolute atomic E-state index is 12.2. The number of esters is 1. The molecule has 0 saturated heterocycles. The lowest BCUT2D eigenvalue weighted by atomic mass is 10.00. The Balaban J connectivity index is 1.87. The Hall–Kier alpha value is -2.62. The van der Waals surface area contributed by atoms with Crippen LogP contribution in [0.25, 0.3) is 0 Å². The van der Waals surface area contributed by atoms with E-state index in [9.17, 15) is 9.59 Å². The van der Waals surface area contributed by atoms with E-state index in [2.05, 4.69) is 31.3 Å². The van der Waals surface area contributed by atoms with Crippen molar-refractivity contribution >= 4 is 11.9 Å². The Labute approximate surface area is 161 Å². The predicted octanol–water partition coefficient (Wildman–Crippen LogP) is 4.54. The number of carbonyl (C=O) groups excluding carboxylic acids is 2. The van der Waals surface area contributed by atoms with Crippen molar-refractivity contribution in [1.29, 1.82) is 0 Å². The number of hydrogen-bond donors (Lipinski definition) is 1.